The van der Waals surface area contributed by atoms with Gasteiger partial charge in [-0.25, -0.2) is 0 Å². The Morgan fingerprint density at radius 1 is 1.20 bits per heavy atom. The van der Waals surface area contributed by atoms with Crippen LogP contribution in [0.3, 0.4) is 0 Å². The molecule has 10 heavy (non-hydrogen) atoms. The third kappa shape index (κ3) is 2.84. The molecule has 0 unspecified atom stereocenters. The molecule has 0 fully saturated rings. The molecule has 0 aromatic heterocycles. The number of hydrogen-bond acceptors (Lipinski definition) is 1. The van der Waals surface area contributed by atoms with Gasteiger partial charge in [0.05, 0.1) is 6.61 Å². The molecule has 0 spiro atoms. The fourth-order valence-corrected chi connectivity index (χ4v) is 0.693. The van der Waals surface area contributed by atoms with Crippen LogP contribution in [0.25, 0.3) is 0 Å². The zero-order valence-corrected chi connectivity index (χ0v) is 5.46. The predicted octanol–water partition coefficient (Wildman–Crippen LogP) is 0.839. The van der Waals surface area contributed by atoms with Gasteiger partial charge >= 0.3 is 29.6 Å². The zero-order chi connectivity index (χ0) is 6.69. The molecule has 1 aromatic carbocycles. The third-order valence-corrected chi connectivity index (χ3v) is 1.30. The summed E-state index contributed by atoms with van der Waals surface area (Å²) in [7, 11) is 0. The fourth-order valence-electron chi connectivity index (χ4n) is 0.693. The Morgan fingerprint density at radius 2 is 1.70 bits per heavy atom. The molecule has 0 saturated carbocycles. The van der Waals surface area contributed by atoms with Gasteiger partial charge in [-0.05, 0) is 12.5 Å². The van der Waals surface area contributed by atoms with Crippen molar-refractivity contribution in [1.29, 1.82) is 0 Å². The van der Waals surface area contributed by atoms with E-state index in [9.17, 15) is 0 Å². The summed E-state index contributed by atoms with van der Waals surface area (Å²) >= 11 is 0. The van der Waals surface area contributed by atoms with Gasteiger partial charge in [0.2, 0.25) is 0 Å². The minimum atomic E-state index is 0. The van der Waals surface area contributed by atoms with Crippen molar-refractivity contribution in [3.05, 3.63) is 35.4 Å². The predicted molar refractivity (Wildman–Crippen MR) is 44.3 cm³/mol. The number of aliphatic hydroxyl groups is 1. The average molecular weight is 146 g/mol. The summed E-state index contributed by atoms with van der Waals surface area (Å²) in [5, 5.41) is 8.63. The van der Waals surface area contributed by atoms with E-state index >= 15 is 0 Å². The molecule has 2 heteroatoms. The van der Waals surface area contributed by atoms with Crippen LogP contribution in [-0.4, -0.2) is 34.7 Å². The van der Waals surface area contributed by atoms with Gasteiger partial charge in [0.1, 0.15) is 0 Å². The number of benzene rings is 1. The van der Waals surface area contributed by atoms with E-state index in [-0.39, 0.29) is 36.2 Å². The van der Waals surface area contributed by atoms with Gasteiger partial charge in [-0.2, -0.15) is 0 Å². The van der Waals surface area contributed by atoms with Gasteiger partial charge in [-0.1, -0.05) is 29.8 Å². The summed E-state index contributed by atoms with van der Waals surface area (Å²) in [6.45, 7) is 2.17. The Morgan fingerprint density at radius 3 is 2.10 bits per heavy atom. The van der Waals surface area contributed by atoms with E-state index in [1.54, 1.807) is 0 Å². The second-order valence-corrected chi connectivity index (χ2v) is 2.14. The molecule has 1 aromatic rings. The molecule has 0 amide bonds. The Kier molecular flexibility index (Phi) is 5.00. The van der Waals surface area contributed by atoms with Crippen LogP contribution in [0, 0.1) is 6.92 Å². The Hall–Kier alpha value is 0.180. The van der Waals surface area contributed by atoms with Crippen LogP contribution in [0.15, 0.2) is 24.3 Å². The molecule has 1 rings (SSSR count). The van der Waals surface area contributed by atoms with Gasteiger partial charge < -0.3 is 5.11 Å². The quantitative estimate of drug-likeness (QED) is 0.582. The summed E-state index contributed by atoms with van der Waals surface area (Å²) in [6.07, 6.45) is 0. The van der Waals surface area contributed by atoms with E-state index < -0.39 is 0 Å². The summed E-state index contributed by atoms with van der Waals surface area (Å²) < 4.78 is 0. The molecule has 0 aliphatic carbocycles. The van der Waals surface area contributed by atoms with Crippen LogP contribution in [0.2, 0.25) is 0 Å². The zero-order valence-electron chi connectivity index (χ0n) is 5.46. The minimum absolute atomic E-state index is 0. The molecule has 0 bridgehead atoms. The SMILES string of the molecule is Cc1ccc(CO)cc1.[NaH]. The van der Waals surface area contributed by atoms with Gasteiger partial charge in [0, 0.05) is 0 Å². The second kappa shape index (κ2) is 4.91. The number of aryl methyl sites for hydroxylation is 1. The standard InChI is InChI=1S/C8H10O.Na.H/c1-7-2-4-8(6-9)5-3-7;;/h2-5,9H,6H2,1H3;;. The molecule has 1 nitrogen and oxygen atoms in total. The normalized spacial score (nSPS) is 8.60. The van der Waals surface area contributed by atoms with Crippen LogP contribution in [0.5, 0.6) is 0 Å². The Balaban J connectivity index is 0.000000810. The van der Waals surface area contributed by atoms with Crippen LogP contribution < -0.4 is 0 Å². The number of aliphatic hydroxyl groups excluding tert-OH is 1. The monoisotopic (exact) mass is 146 g/mol. The first-order valence-corrected chi connectivity index (χ1v) is 2.99. The Bertz CT molecular complexity index is 181. The van der Waals surface area contributed by atoms with Crippen LogP contribution in [-0.2, 0) is 6.61 Å². The van der Waals surface area contributed by atoms with E-state index in [1.165, 1.54) is 5.56 Å². The van der Waals surface area contributed by atoms with Crippen molar-refractivity contribution in [2.45, 2.75) is 13.5 Å². The summed E-state index contributed by atoms with van der Waals surface area (Å²) in [4.78, 5) is 0. The fraction of sp³-hybridized carbons (Fsp3) is 0.250. The van der Waals surface area contributed by atoms with Crippen molar-refractivity contribution in [3.63, 3.8) is 0 Å². The summed E-state index contributed by atoms with van der Waals surface area (Å²) in [6, 6.07) is 7.84. The maximum atomic E-state index is 8.63. The second-order valence-electron chi connectivity index (χ2n) is 2.14. The number of rotatable bonds is 1. The van der Waals surface area contributed by atoms with E-state index in [1.807, 2.05) is 31.2 Å². The van der Waals surface area contributed by atoms with Crippen LogP contribution >= 0.6 is 0 Å². The molecular weight excluding hydrogens is 135 g/mol. The van der Waals surface area contributed by atoms with Gasteiger partial charge in [-0.3, -0.25) is 0 Å². The summed E-state index contributed by atoms with van der Waals surface area (Å²) in [5.41, 5.74) is 2.20. The van der Waals surface area contributed by atoms with E-state index in [0.29, 0.717) is 0 Å². The van der Waals surface area contributed by atoms with Crippen molar-refractivity contribution in [2.24, 2.45) is 0 Å². The molecule has 0 aliphatic rings. The maximum absolute atomic E-state index is 8.63. The molecule has 0 aliphatic heterocycles. The van der Waals surface area contributed by atoms with Crippen molar-refractivity contribution >= 4 is 29.6 Å². The molecule has 0 radical (unpaired) electrons. The van der Waals surface area contributed by atoms with Gasteiger partial charge in [0.15, 0.2) is 0 Å². The third-order valence-electron chi connectivity index (χ3n) is 1.30. The molecule has 1 N–H and O–H groups in total. The Labute approximate surface area is 83.4 Å². The number of hydrogen-bond donors (Lipinski definition) is 1. The first kappa shape index (κ1) is 10.2. The topological polar surface area (TPSA) is 20.2 Å². The van der Waals surface area contributed by atoms with Crippen molar-refractivity contribution < 1.29 is 5.11 Å². The van der Waals surface area contributed by atoms with Gasteiger partial charge in [0.25, 0.3) is 0 Å². The first-order chi connectivity index (χ1) is 4.33. The molecule has 0 heterocycles. The average Bonchev–Trinajstić information content (AvgIpc) is 1.90. The summed E-state index contributed by atoms with van der Waals surface area (Å²) in [5.74, 6) is 0. The molecule has 0 atom stereocenters. The molecule has 50 valence electrons. The van der Waals surface area contributed by atoms with Crippen molar-refractivity contribution in [1.82, 2.24) is 0 Å². The van der Waals surface area contributed by atoms with E-state index in [4.69, 9.17) is 5.11 Å². The molecule has 0 saturated heterocycles. The van der Waals surface area contributed by atoms with E-state index in [0.717, 1.165) is 5.56 Å². The van der Waals surface area contributed by atoms with Crippen molar-refractivity contribution in [3.8, 4) is 0 Å². The van der Waals surface area contributed by atoms with Gasteiger partial charge in [-0.15, -0.1) is 0 Å². The van der Waals surface area contributed by atoms with Crippen LogP contribution in [0.4, 0.5) is 0 Å². The van der Waals surface area contributed by atoms with E-state index in [2.05, 4.69) is 0 Å². The van der Waals surface area contributed by atoms with Crippen molar-refractivity contribution in [2.75, 3.05) is 0 Å². The van der Waals surface area contributed by atoms with Crippen LogP contribution in [0.1, 0.15) is 11.1 Å². The first-order valence-electron chi connectivity index (χ1n) is 2.99. The molecular formula is C8H11NaO.